The van der Waals surface area contributed by atoms with Crippen molar-refractivity contribution in [3.8, 4) is 5.75 Å². The van der Waals surface area contributed by atoms with Crippen LogP contribution in [0.15, 0.2) is 66.7 Å². The maximum absolute atomic E-state index is 12.7. The second kappa shape index (κ2) is 6.54. The van der Waals surface area contributed by atoms with Gasteiger partial charge in [0.05, 0.1) is 11.1 Å². The number of hydrogen-bond acceptors (Lipinski definition) is 2. The number of nitrogens with one attached hydrogen (secondary N) is 2. The van der Waals surface area contributed by atoms with E-state index in [0.29, 0.717) is 10.7 Å². The number of phenols is 1. The molecule has 5 rings (SSSR count). The first-order valence-electron chi connectivity index (χ1n) is 9.25. The zero-order chi connectivity index (χ0) is 20.1. The standard InChI is InChI=1S/C24H17ClN2O2/c1-13-9-15(25)11-19-17-8-7-14-10-20(24(29)26-16-5-3-2-4-6-16)21(28)12-18(14)23(17)27-22(13)19/h2-12,27-28H,1H3,(H,26,29). The normalized spacial score (nSPS) is 11.4. The fourth-order valence-corrected chi connectivity index (χ4v) is 4.14. The average Bonchev–Trinajstić information content (AvgIpc) is 3.08. The monoisotopic (exact) mass is 400 g/mol. The highest BCUT2D eigenvalue weighted by Gasteiger charge is 2.16. The molecule has 1 amide bonds. The molecule has 0 fully saturated rings. The summed E-state index contributed by atoms with van der Waals surface area (Å²) < 4.78 is 0. The zero-order valence-electron chi connectivity index (χ0n) is 15.6. The summed E-state index contributed by atoms with van der Waals surface area (Å²) in [6.07, 6.45) is 0. The molecule has 29 heavy (non-hydrogen) atoms. The third-order valence-corrected chi connectivity index (χ3v) is 5.47. The number of fused-ring (bicyclic) bond motifs is 5. The lowest BCUT2D eigenvalue weighted by atomic mass is 10.0. The van der Waals surface area contributed by atoms with Gasteiger partial charge in [0.1, 0.15) is 5.75 Å². The maximum atomic E-state index is 12.7. The molecule has 5 aromatic rings. The number of H-pyrrole nitrogens is 1. The van der Waals surface area contributed by atoms with Crippen molar-refractivity contribution >= 4 is 55.8 Å². The van der Waals surface area contributed by atoms with E-state index < -0.39 is 0 Å². The summed E-state index contributed by atoms with van der Waals surface area (Å²) >= 11 is 6.25. The van der Waals surface area contributed by atoms with Crippen LogP contribution in [0.5, 0.6) is 5.75 Å². The third kappa shape index (κ3) is 2.89. The van der Waals surface area contributed by atoms with Gasteiger partial charge in [-0.15, -0.1) is 0 Å². The van der Waals surface area contributed by atoms with Crippen LogP contribution < -0.4 is 5.32 Å². The van der Waals surface area contributed by atoms with Crippen LogP contribution in [0.2, 0.25) is 5.02 Å². The van der Waals surface area contributed by atoms with Crippen LogP contribution in [0.25, 0.3) is 32.6 Å². The molecule has 4 nitrogen and oxygen atoms in total. The van der Waals surface area contributed by atoms with Crippen LogP contribution in [-0.4, -0.2) is 16.0 Å². The van der Waals surface area contributed by atoms with E-state index in [0.717, 1.165) is 38.1 Å². The minimum absolute atomic E-state index is 0.0631. The van der Waals surface area contributed by atoms with Gasteiger partial charge in [-0.3, -0.25) is 4.79 Å². The van der Waals surface area contributed by atoms with Crippen LogP contribution in [0.4, 0.5) is 5.69 Å². The molecule has 4 aromatic carbocycles. The molecule has 0 atom stereocenters. The highest BCUT2D eigenvalue weighted by atomic mass is 35.5. The molecule has 0 spiro atoms. The van der Waals surface area contributed by atoms with Crippen LogP contribution in [0.3, 0.4) is 0 Å². The number of para-hydroxylation sites is 1. The van der Waals surface area contributed by atoms with Crippen LogP contribution >= 0.6 is 11.6 Å². The Morgan fingerprint density at radius 1 is 0.931 bits per heavy atom. The van der Waals surface area contributed by atoms with E-state index in [9.17, 15) is 9.90 Å². The number of benzene rings is 4. The Kier molecular flexibility index (Phi) is 3.96. The van der Waals surface area contributed by atoms with E-state index in [1.165, 1.54) is 0 Å². The Morgan fingerprint density at radius 3 is 2.52 bits per heavy atom. The summed E-state index contributed by atoms with van der Waals surface area (Å²) in [6, 6.07) is 20.4. The number of halogens is 1. The Labute approximate surface area is 171 Å². The SMILES string of the molecule is Cc1cc(Cl)cc2c1[nH]c1c3cc(O)c(C(=O)Nc4ccccc4)cc3ccc21. The van der Waals surface area contributed by atoms with E-state index in [1.54, 1.807) is 24.3 Å². The summed E-state index contributed by atoms with van der Waals surface area (Å²) in [5.74, 6) is -0.415. The number of phenolic OH excluding ortho intramolecular Hbond substituents is 1. The summed E-state index contributed by atoms with van der Waals surface area (Å²) in [4.78, 5) is 16.1. The largest absolute Gasteiger partial charge is 0.507 e. The molecule has 0 bridgehead atoms. The topological polar surface area (TPSA) is 65.1 Å². The number of anilines is 1. The van der Waals surface area contributed by atoms with Crippen LogP contribution in [0.1, 0.15) is 15.9 Å². The molecule has 0 aliphatic carbocycles. The van der Waals surface area contributed by atoms with Crippen molar-refractivity contribution in [1.82, 2.24) is 4.98 Å². The minimum atomic E-state index is -0.352. The lowest BCUT2D eigenvalue weighted by Crippen LogP contribution is -2.12. The summed E-state index contributed by atoms with van der Waals surface area (Å²) in [5, 5.41) is 17.9. The molecule has 0 unspecified atom stereocenters. The lowest BCUT2D eigenvalue weighted by molar-refractivity contribution is 0.102. The first kappa shape index (κ1) is 17.6. The van der Waals surface area contributed by atoms with E-state index in [2.05, 4.69) is 10.3 Å². The molecule has 5 heteroatoms. The fourth-order valence-electron chi connectivity index (χ4n) is 3.87. The van der Waals surface area contributed by atoms with Crippen molar-refractivity contribution < 1.29 is 9.90 Å². The number of carbonyl (C=O) groups is 1. The van der Waals surface area contributed by atoms with Gasteiger partial charge in [0.25, 0.3) is 5.91 Å². The second-order valence-electron chi connectivity index (χ2n) is 7.17. The third-order valence-electron chi connectivity index (χ3n) is 5.25. The molecule has 0 aliphatic rings. The quantitative estimate of drug-likeness (QED) is 0.321. The zero-order valence-corrected chi connectivity index (χ0v) is 16.3. The minimum Gasteiger partial charge on any atom is -0.507 e. The van der Waals surface area contributed by atoms with Gasteiger partial charge in [0, 0.05) is 32.4 Å². The lowest BCUT2D eigenvalue weighted by Gasteiger charge is -2.09. The van der Waals surface area contributed by atoms with Gasteiger partial charge in [0.15, 0.2) is 0 Å². The number of amides is 1. The Hall–Kier alpha value is -3.50. The van der Waals surface area contributed by atoms with Crippen molar-refractivity contribution in [3.63, 3.8) is 0 Å². The van der Waals surface area contributed by atoms with Crippen molar-refractivity contribution in [2.24, 2.45) is 0 Å². The first-order chi connectivity index (χ1) is 14.0. The molecule has 0 aliphatic heterocycles. The molecular weight excluding hydrogens is 384 g/mol. The van der Waals surface area contributed by atoms with Gasteiger partial charge < -0.3 is 15.4 Å². The number of aromatic amines is 1. The fraction of sp³-hybridized carbons (Fsp3) is 0.0417. The smallest absolute Gasteiger partial charge is 0.259 e. The summed E-state index contributed by atoms with van der Waals surface area (Å²) in [6.45, 7) is 2.01. The van der Waals surface area contributed by atoms with Gasteiger partial charge in [-0.05, 0) is 54.3 Å². The predicted octanol–water partition coefficient (Wildman–Crippen LogP) is 6.39. The van der Waals surface area contributed by atoms with E-state index >= 15 is 0 Å². The number of carbonyl (C=O) groups excluding carboxylic acids is 1. The Bertz CT molecular complexity index is 1420. The van der Waals surface area contributed by atoms with Gasteiger partial charge in [-0.1, -0.05) is 41.9 Å². The summed E-state index contributed by atoms with van der Waals surface area (Å²) in [7, 11) is 0. The molecule has 142 valence electrons. The molecular formula is C24H17ClN2O2. The molecule has 3 N–H and O–H groups in total. The molecule has 1 heterocycles. The van der Waals surface area contributed by atoms with Crippen molar-refractivity contribution in [2.45, 2.75) is 6.92 Å². The average molecular weight is 401 g/mol. The highest BCUT2D eigenvalue weighted by molar-refractivity contribution is 6.32. The van der Waals surface area contributed by atoms with Gasteiger partial charge >= 0.3 is 0 Å². The molecule has 0 saturated heterocycles. The number of aromatic hydroxyl groups is 1. The number of aromatic nitrogens is 1. The predicted molar refractivity (Wildman–Crippen MR) is 119 cm³/mol. The molecule has 0 radical (unpaired) electrons. The van der Waals surface area contributed by atoms with Crippen molar-refractivity contribution in [1.29, 1.82) is 0 Å². The van der Waals surface area contributed by atoms with Gasteiger partial charge in [-0.2, -0.15) is 0 Å². The Morgan fingerprint density at radius 2 is 1.72 bits per heavy atom. The second-order valence-corrected chi connectivity index (χ2v) is 7.61. The van der Waals surface area contributed by atoms with Crippen LogP contribution in [-0.2, 0) is 0 Å². The van der Waals surface area contributed by atoms with E-state index in [4.69, 9.17) is 11.6 Å². The maximum Gasteiger partial charge on any atom is 0.259 e. The van der Waals surface area contributed by atoms with E-state index in [-0.39, 0.29) is 17.2 Å². The van der Waals surface area contributed by atoms with Crippen molar-refractivity contribution in [3.05, 3.63) is 82.9 Å². The number of rotatable bonds is 2. The van der Waals surface area contributed by atoms with Gasteiger partial charge in [0.2, 0.25) is 0 Å². The number of aryl methyl sites for hydroxylation is 1. The molecule has 1 aromatic heterocycles. The summed E-state index contributed by atoms with van der Waals surface area (Å²) in [5.41, 5.74) is 3.89. The first-order valence-corrected chi connectivity index (χ1v) is 9.63. The van der Waals surface area contributed by atoms with Crippen LogP contribution in [0, 0.1) is 6.92 Å². The Balaban J connectivity index is 1.67. The highest BCUT2D eigenvalue weighted by Crippen LogP contribution is 2.36. The molecule has 0 saturated carbocycles. The van der Waals surface area contributed by atoms with Crippen molar-refractivity contribution in [2.75, 3.05) is 5.32 Å². The van der Waals surface area contributed by atoms with Gasteiger partial charge in [-0.25, -0.2) is 0 Å². The van der Waals surface area contributed by atoms with E-state index in [1.807, 2.05) is 49.4 Å². The number of hydrogen-bond donors (Lipinski definition) is 3.